The maximum absolute atomic E-state index is 12.2. The molecule has 0 aliphatic heterocycles. The van der Waals surface area contributed by atoms with Gasteiger partial charge >= 0.3 is 0 Å². The van der Waals surface area contributed by atoms with Crippen LogP contribution >= 0.6 is 0 Å². The predicted molar refractivity (Wildman–Crippen MR) is 109 cm³/mol. The molecule has 1 aliphatic carbocycles. The third-order valence-electron chi connectivity index (χ3n) is 5.52. The van der Waals surface area contributed by atoms with Gasteiger partial charge in [0.05, 0.1) is 5.75 Å². The molecule has 2 heterocycles. The number of aryl methyl sites for hydroxylation is 2. The van der Waals surface area contributed by atoms with E-state index in [4.69, 9.17) is 4.42 Å². The van der Waals surface area contributed by atoms with Crippen LogP contribution in [0.2, 0.25) is 0 Å². The predicted octanol–water partition coefficient (Wildman–Crippen LogP) is 3.70. The van der Waals surface area contributed by atoms with Crippen molar-refractivity contribution in [3.8, 4) is 11.1 Å². The lowest BCUT2D eigenvalue weighted by molar-refractivity contribution is 0.344. The van der Waals surface area contributed by atoms with Gasteiger partial charge in [0.2, 0.25) is 0 Å². The smallest absolute Gasteiger partial charge is 0.253 e. The monoisotopic (exact) mass is 400 g/mol. The highest BCUT2D eigenvalue weighted by molar-refractivity contribution is 7.90. The Balaban J connectivity index is 1.93. The summed E-state index contributed by atoms with van der Waals surface area (Å²) in [6.45, 7) is 3.42. The minimum Gasteiger partial charge on any atom is -0.440 e. The highest BCUT2D eigenvalue weighted by Gasteiger charge is 2.26. The Kier molecular flexibility index (Phi) is 4.65. The maximum atomic E-state index is 12.2. The van der Waals surface area contributed by atoms with Crippen LogP contribution in [0.5, 0.6) is 0 Å². The first-order valence-corrected chi connectivity index (χ1v) is 11.4. The number of aromatic nitrogens is 2. The summed E-state index contributed by atoms with van der Waals surface area (Å²) in [5.74, 6) is 1.11. The number of rotatable bonds is 5. The van der Waals surface area contributed by atoms with Crippen molar-refractivity contribution in [2.45, 2.75) is 44.8 Å². The number of benzene rings is 1. The van der Waals surface area contributed by atoms with Crippen molar-refractivity contribution < 1.29 is 12.8 Å². The van der Waals surface area contributed by atoms with Crippen molar-refractivity contribution in [1.29, 1.82) is 0 Å². The number of sulfone groups is 1. The summed E-state index contributed by atoms with van der Waals surface area (Å²) in [7, 11) is -1.47. The zero-order valence-corrected chi connectivity index (χ0v) is 17.2. The molecule has 1 fully saturated rings. The van der Waals surface area contributed by atoms with E-state index in [1.54, 1.807) is 27.1 Å². The zero-order valence-electron chi connectivity index (χ0n) is 16.4. The summed E-state index contributed by atoms with van der Waals surface area (Å²) in [5.41, 5.74) is 4.16. The molecule has 0 N–H and O–H groups in total. The third-order valence-corrected chi connectivity index (χ3v) is 7.17. The summed E-state index contributed by atoms with van der Waals surface area (Å²) in [6.07, 6.45) is 5.07. The van der Waals surface area contributed by atoms with Gasteiger partial charge in [0, 0.05) is 41.6 Å². The number of pyridine rings is 1. The van der Waals surface area contributed by atoms with Crippen LogP contribution in [0.1, 0.15) is 49.1 Å². The fourth-order valence-electron chi connectivity index (χ4n) is 3.62. The Hall–Kier alpha value is -2.41. The molecule has 28 heavy (non-hydrogen) atoms. The topological polar surface area (TPSA) is 82.2 Å². The Labute approximate surface area is 164 Å². The molecule has 1 saturated carbocycles. The van der Waals surface area contributed by atoms with Crippen molar-refractivity contribution >= 4 is 20.9 Å². The van der Waals surface area contributed by atoms with Crippen LogP contribution in [0.15, 0.2) is 33.6 Å². The number of oxazole rings is 1. The normalized spacial score (nSPS) is 15.1. The molecule has 0 radical (unpaired) electrons. The summed E-state index contributed by atoms with van der Waals surface area (Å²) in [5, 5.41) is 0. The van der Waals surface area contributed by atoms with Gasteiger partial charge in [-0.15, -0.1) is 0 Å². The van der Waals surface area contributed by atoms with Crippen LogP contribution < -0.4 is 5.56 Å². The third kappa shape index (κ3) is 3.39. The first-order valence-electron chi connectivity index (χ1n) is 9.59. The Morgan fingerprint density at radius 2 is 2.00 bits per heavy atom. The van der Waals surface area contributed by atoms with Crippen LogP contribution in [-0.4, -0.2) is 23.7 Å². The molecule has 3 aromatic rings. The van der Waals surface area contributed by atoms with Crippen molar-refractivity contribution in [1.82, 2.24) is 9.55 Å². The van der Waals surface area contributed by atoms with E-state index in [1.807, 2.05) is 18.2 Å². The molecule has 0 saturated heterocycles. The maximum Gasteiger partial charge on any atom is 0.253 e. The zero-order chi connectivity index (χ0) is 20.1. The van der Waals surface area contributed by atoms with E-state index in [1.165, 1.54) is 11.0 Å². The fraction of sp³-hybridized carbons (Fsp3) is 0.429. The van der Waals surface area contributed by atoms with Crippen LogP contribution in [0.4, 0.5) is 0 Å². The summed E-state index contributed by atoms with van der Waals surface area (Å²) in [4.78, 5) is 16.8. The van der Waals surface area contributed by atoms with Gasteiger partial charge in [-0.25, -0.2) is 13.4 Å². The molecule has 0 spiro atoms. The van der Waals surface area contributed by atoms with E-state index in [-0.39, 0.29) is 17.1 Å². The summed E-state index contributed by atoms with van der Waals surface area (Å²) < 4.78 is 32.0. The molecular formula is C21H24N2O4S. The molecule has 0 unspecified atom stereocenters. The van der Waals surface area contributed by atoms with Gasteiger partial charge in [-0.05, 0) is 43.5 Å². The minimum atomic E-state index is -3.18. The van der Waals surface area contributed by atoms with E-state index < -0.39 is 9.84 Å². The van der Waals surface area contributed by atoms with Crippen LogP contribution in [0.3, 0.4) is 0 Å². The highest BCUT2D eigenvalue weighted by atomic mass is 32.2. The van der Waals surface area contributed by atoms with Crippen LogP contribution in [0, 0.1) is 6.92 Å². The van der Waals surface area contributed by atoms with E-state index in [0.717, 1.165) is 29.9 Å². The standard InChI is InChI=1S/C21H24N2O4S/c1-4-28(25,26)12-14-9-17(16-8-13(2)21(24)23(3)11-16)19-18(10-14)22-20(27-19)15-6-5-7-15/h8-11,15H,4-7,12H2,1-3H3. The summed E-state index contributed by atoms with van der Waals surface area (Å²) in [6, 6.07) is 5.48. The second-order valence-electron chi connectivity index (χ2n) is 7.68. The Bertz CT molecular complexity index is 1190. The first kappa shape index (κ1) is 18.9. The lowest BCUT2D eigenvalue weighted by atomic mass is 9.85. The van der Waals surface area contributed by atoms with E-state index in [2.05, 4.69) is 4.98 Å². The van der Waals surface area contributed by atoms with Gasteiger partial charge in [0.15, 0.2) is 21.3 Å². The van der Waals surface area contributed by atoms with Gasteiger partial charge < -0.3 is 8.98 Å². The lowest BCUT2D eigenvalue weighted by Gasteiger charge is -2.21. The van der Waals surface area contributed by atoms with Gasteiger partial charge in [0.25, 0.3) is 5.56 Å². The molecule has 1 aliphatic rings. The molecular weight excluding hydrogens is 376 g/mol. The number of hydrogen-bond donors (Lipinski definition) is 0. The molecule has 0 bridgehead atoms. The van der Waals surface area contributed by atoms with Crippen molar-refractivity contribution in [2.75, 3.05) is 5.75 Å². The minimum absolute atomic E-state index is 0.0389. The SMILES string of the molecule is CCS(=O)(=O)Cc1cc(-c2cc(C)c(=O)n(C)c2)c2oc(C3CCC3)nc2c1. The second kappa shape index (κ2) is 6.88. The fourth-order valence-corrected chi connectivity index (χ4v) is 4.50. The Morgan fingerprint density at radius 1 is 1.25 bits per heavy atom. The molecule has 148 valence electrons. The average molecular weight is 401 g/mol. The van der Waals surface area contributed by atoms with Crippen LogP contribution in [-0.2, 0) is 22.6 Å². The van der Waals surface area contributed by atoms with Crippen molar-refractivity contribution in [3.63, 3.8) is 0 Å². The van der Waals surface area contributed by atoms with Crippen LogP contribution in [0.25, 0.3) is 22.2 Å². The number of hydrogen-bond acceptors (Lipinski definition) is 5. The molecule has 0 atom stereocenters. The van der Waals surface area contributed by atoms with E-state index in [0.29, 0.717) is 28.1 Å². The molecule has 4 rings (SSSR count). The molecule has 7 heteroatoms. The van der Waals surface area contributed by atoms with E-state index in [9.17, 15) is 13.2 Å². The quantitative estimate of drug-likeness (QED) is 0.652. The van der Waals surface area contributed by atoms with Crippen molar-refractivity contribution in [3.05, 3.63) is 51.8 Å². The highest BCUT2D eigenvalue weighted by Crippen LogP contribution is 2.39. The Morgan fingerprint density at radius 3 is 2.61 bits per heavy atom. The molecule has 1 aromatic carbocycles. The largest absolute Gasteiger partial charge is 0.440 e. The van der Waals surface area contributed by atoms with Gasteiger partial charge in [0.1, 0.15) is 5.52 Å². The van der Waals surface area contributed by atoms with Gasteiger partial charge in [-0.2, -0.15) is 0 Å². The molecule has 2 aromatic heterocycles. The number of fused-ring (bicyclic) bond motifs is 1. The first-order chi connectivity index (χ1) is 13.3. The molecule has 6 nitrogen and oxygen atoms in total. The second-order valence-corrected chi connectivity index (χ2v) is 10.0. The van der Waals surface area contributed by atoms with Gasteiger partial charge in [-0.3, -0.25) is 4.79 Å². The van der Waals surface area contributed by atoms with Gasteiger partial charge in [-0.1, -0.05) is 13.3 Å². The average Bonchev–Trinajstić information content (AvgIpc) is 2.99. The van der Waals surface area contributed by atoms with E-state index >= 15 is 0 Å². The molecule has 0 amide bonds. The number of nitrogens with zero attached hydrogens (tertiary/aromatic N) is 2. The summed E-state index contributed by atoms with van der Waals surface area (Å²) >= 11 is 0. The van der Waals surface area contributed by atoms with Crippen molar-refractivity contribution in [2.24, 2.45) is 7.05 Å². The lowest BCUT2D eigenvalue weighted by Crippen LogP contribution is -2.18.